The van der Waals surface area contributed by atoms with Gasteiger partial charge in [-0.2, -0.15) is 0 Å². The molecule has 0 unspecified atom stereocenters. The van der Waals surface area contributed by atoms with Crippen LogP contribution in [-0.4, -0.2) is 58.4 Å². The molecule has 0 saturated carbocycles. The molecule has 1 fully saturated rings. The number of nitrogens with zero attached hydrogens (tertiary/aromatic N) is 4. The minimum absolute atomic E-state index is 0.120. The fourth-order valence-electron chi connectivity index (χ4n) is 2.45. The number of anilines is 2. The lowest BCUT2D eigenvalue weighted by molar-refractivity contribution is -0.118. The van der Waals surface area contributed by atoms with Gasteiger partial charge in [0.15, 0.2) is 11.6 Å². The van der Waals surface area contributed by atoms with E-state index >= 15 is 0 Å². The number of nitrogens with two attached hydrogens (primary N) is 1. The summed E-state index contributed by atoms with van der Waals surface area (Å²) >= 11 is 3.26. The quantitative estimate of drug-likeness (QED) is 0.594. The van der Waals surface area contributed by atoms with Gasteiger partial charge in [0.1, 0.15) is 16.7 Å². The molecule has 1 saturated heterocycles. The number of aliphatic hydroxyl groups is 1. The molecular weight excluding hydrogens is 396 g/mol. The SMILES string of the molecule is NC(=O)OCC1CN(c2nc3cnc(Br)cc3nc2NC(=O)CO)C1. The summed E-state index contributed by atoms with van der Waals surface area (Å²) in [4.78, 5) is 37.1. The molecular formula is C14H15BrN6O4. The van der Waals surface area contributed by atoms with Gasteiger partial charge >= 0.3 is 6.09 Å². The van der Waals surface area contributed by atoms with Crippen molar-refractivity contribution in [3.8, 4) is 0 Å². The molecule has 2 aromatic heterocycles. The lowest BCUT2D eigenvalue weighted by Gasteiger charge is -2.40. The second-order valence-corrected chi connectivity index (χ2v) is 6.31. The monoisotopic (exact) mass is 410 g/mol. The molecule has 25 heavy (non-hydrogen) atoms. The lowest BCUT2D eigenvalue weighted by atomic mass is 10.0. The van der Waals surface area contributed by atoms with Crippen molar-refractivity contribution in [1.82, 2.24) is 15.0 Å². The Balaban J connectivity index is 1.85. The van der Waals surface area contributed by atoms with Crippen LogP contribution in [0.4, 0.5) is 16.4 Å². The molecule has 0 aromatic carbocycles. The van der Waals surface area contributed by atoms with Crippen LogP contribution in [0.3, 0.4) is 0 Å². The summed E-state index contributed by atoms with van der Waals surface area (Å²) in [7, 11) is 0. The van der Waals surface area contributed by atoms with Gasteiger partial charge in [0.2, 0.25) is 0 Å². The van der Waals surface area contributed by atoms with Crippen molar-refractivity contribution in [2.45, 2.75) is 0 Å². The summed E-state index contributed by atoms with van der Waals surface area (Å²) in [5.74, 6) is 0.249. The summed E-state index contributed by atoms with van der Waals surface area (Å²) in [5, 5.41) is 11.5. The number of pyridine rings is 1. The Labute approximate surface area is 150 Å². The maximum Gasteiger partial charge on any atom is 0.404 e. The molecule has 0 spiro atoms. The molecule has 3 rings (SSSR count). The second-order valence-electron chi connectivity index (χ2n) is 5.50. The Bertz CT molecular complexity index is 826. The Kier molecular flexibility index (Phi) is 4.95. The first-order valence-corrected chi connectivity index (χ1v) is 8.16. The zero-order valence-electron chi connectivity index (χ0n) is 13.0. The highest BCUT2D eigenvalue weighted by Crippen LogP contribution is 2.31. The van der Waals surface area contributed by atoms with Gasteiger partial charge in [-0.25, -0.2) is 19.7 Å². The Morgan fingerprint density at radius 3 is 2.84 bits per heavy atom. The van der Waals surface area contributed by atoms with Gasteiger partial charge in [0.05, 0.1) is 18.3 Å². The van der Waals surface area contributed by atoms with Crippen LogP contribution in [0, 0.1) is 5.92 Å². The van der Waals surface area contributed by atoms with Crippen LogP contribution in [-0.2, 0) is 9.53 Å². The molecule has 1 aliphatic rings. The summed E-state index contributed by atoms with van der Waals surface area (Å²) < 4.78 is 5.38. The van der Waals surface area contributed by atoms with Crippen LogP contribution < -0.4 is 16.0 Å². The predicted molar refractivity (Wildman–Crippen MR) is 92.0 cm³/mol. The van der Waals surface area contributed by atoms with Gasteiger partial charge < -0.3 is 25.8 Å². The normalized spacial score (nSPS) is 14.2. The molecule has 11 heteroatoms. The first-order valence-electron chi connectivity index (χ1n) is 7.37. The smallest absolute Gasteiger partial charge is 0.404 e. The predicted octanol–water partition coefficient (Wildman–Crippen LogP) is 0.250. The number of carbonyl (C=O) groups is 2. The number of primary amides is 1. The van der Waals surface area contributed by atoms with Gasteiger partial charge in [-0.1, -0.05) is 0 Å². The molecule has 3 heterocycles. The third-order valence-electron chi connectivity index (χ3n) is 3.62. The number of rotatable bonds is 5. The number of nitrogens with one attached hydrogen (secondary N) is 1. The molecule has 1 aliphatic heterocycles. The van der Waals surface area contributed by atoms with Crippen molar-refractivity contribution in [2.75, 3.05) is 36.5 Å². The van der Waals surface area contributed by atoms with Crippen LogP contribution in [0.2, 0.25) is 0 Å². The number of aromatic nitrogens is 3. The van der Waals surface area contributed by atoms with E-state index in [0.29, 0.717) is 34.5 Å². The molecule has 132 valence electrons. The average molecular weight is 411 g/mol. The van der Waals surface area contributed by atoms with E-state index in [4.69, 9.17) is 15.6 Å². The first-order chi connectivity index (χ1) is 12.0. The van der Waals surface area contributed by atoms with E-state index in [-0.39, 0.29) is 18.3 Å². The minimum atomic E-state index is -0.809. The fourth-order valence-corrected chi connectivity index (χ4v) is 2.77. The zero-order valence-corrected chi connectivity index (χ0v) is 14.6. The van der Waals surface area contributed by atoms with E-state index in [1.165, 1.54) is 0 Å². The van der Waals surface area contributed by atoms with E-state index in [9.17, 15) is 9.59 Å². The van der Waals surface area contributed by atoms with Crippen LogP contribution in [0.5, 0.6) is 0 Å². The van der Waals surface area contributed by atoms with Crippen molar-refractivity contribution in [3.05, 3.63) is 16.9 Å². The second kappa shape index (κ2) is 7.15. The molecule has 10 nitrogen and oxygen atoms in total. The summed E-state index contributed by atoms with van der Waals surface area (Å²) in [5.41, 5.74) is 6.07. The van der Waals surface area contributed by atoms with Crippen molar-refractivity contribution in [1.29, 1.82) is 0 Å². The molecule has 0 bridgehead atoms. The standard InChI is InChI=1S/C14H15BrN6O4/c15-10-1-8-9(2-17-10)19-13(12(18-8)20-11(23)5-22)21-3-7(4-21)6-25-14(16)24/h1-2,7,22H,3-6H2,(H2,16,24)(H,18,20,23). The summed E-state index contributed by atoms with van der Waals surface area (Å²) in [6.07, 6.45) is 0.762. The van der Waals surface area contributed by atoms with E-state index in [0.717, 1.165) is 0 Å². The maximum atomic E-state index is 11.6. The van der Waals surface area contributed by atoms with Gasteiger partial charge in [0, 0.05) is 19.0 Å². The molecule has 0 aliphatic carbocycles. The largest absolute Gasteiger partial charge is 0.449 e. The number of hydrogen-bond acceptors (Lipinski definition) is 8. The number of amides is 2. The number of ether oxygens (including phenoxy) is 1. The van der Waals surface area contributed by atoms with Gasteiger partial charge in [-0.3, -0.25) is 4.79 Å². The Morgan fingerprint density at radius 1 is 1.40 bits per heavy atom. The highest BCUT2D eigenvalue weighted by Gasteiger charge is 2.31. The van der Waals surface area contributed by atoms with Crippen molar-refractivity contribution in [2.24, 2.45) is 11.7 Å². The first kappa shape index (κ1) is 17.3. The molecule has 0 atom stereocenters. The Hall–Kier alpha value is -2.53. The van der Waals surface area contributed by atoms with E-state index in [1.807, 2.05) is 4.90 Å². The maximum absolute atomic E-state index is 11.6. The molecule has 2 amide bonds. The highest BCUT2D eigenvalue weighted by atomic mass is 79.9. The van der Waals surface area contributed by atoms with Crippen LogP contribution >= 0.6 is 15.9 Å². The van der Waals surface area contributed by atoms with Crippen molar-refractivity contribution < 1.29 is 19.4 Å². The van der Waals surface area contributed by atoms with E-state index in [2.05, 4.69) is 36.2 Å². The number of fused-ring (bicyclic) bond motifs is 1. The zero-order chi connectivity index (χ0) is 18.0. The molecule has 0 radical (unpaired) electrons. The fraction of sp³-hybridized carbons (Fsp3) is 0.357. The van der Waals surface area contributed by atoms with Crippen LogP contribution in [0.25, 0.3) is 11.0 Å². The van der Waals surface area contributed by atoms with Crippen molar-refractivity contribution in [3.63, 3.8) is 0 Å². The third-order valence-corrected chi connectivity index (χ3v) is 4.05. The third kappa shape index (κ3) is 3.94. The number of carbonyl (C=O) groups excluding carboxylic acids is 2. The summed E-state index contributed by atoms with van der Waals surface area (Å²) in [6.45, 7) is 0.701. The van der Waals surface area contributed by atoms with Gasteiger partial charge in [-0.15, -0.1) is 0 Å². The highest BCUT2D eigenvalue weighted by molar-refractivity contribution is 9.10. The minimum Gasteiger partial charge on any atom is -0.449 e. The lowest BCUT2D eigenvalue weighted by Crippen LogP contribution is -2.50. The average Bonchev–Trinajstić information content (AvgIpc) is 2.53. The number of aliphatic hydroxyl groups excluding tert-OH is 1. The van der Waals surface area contributed by atoms with Crippen molar-refractivity contribution >= 4 is 50.6 Å². The Morgan fingerprint density at radius 2 is 2.16 bits per heavy atom. The molecule has 2 aromatic rings. The van der Waals surface area contributed by atoms with Gasteiger partial charge in [0.25, 0.3) is 5.91 Å². The van der Waals surface area contributed by atoms with Crippen LogP contribution in [0.1, 0.15) is 0 Å². The van der Waals surface area contributed by atoms with E-state index < -0.39 is 18.6 Å². The number of hydrogen-bond donors (Lipinski definition) is 3. The topological polar surface area (TPSA) is 144 Å². The van der Waals surface area contributed by atoms with Crippen LogP contribution in [0.15, 0.2) is 16.9 Å². The van der Waals surface area contributed by atoms with Gasteiger partial charge in [-0.05, 0) is 22.0 Å². The van der Waals surface area contributed by atoms with E-state index in [1.54, 1.807) is 12.3 Å². The number of halogens is 1. The summed E-state index contributed by atoms with van der Waals surface area (Å²) in [6, 6.07) is 1.68. The molecule has 4 N–H and O–H groups in total.